The molecule has 3 aromatic rings. The highest BCUT2D eigenvalue weighted by atomic mass is 32.2. The monoisotopic (exact) mass is 566 g/mol. The lowest BCUT2D eigenvalue weighted by atomic mass is 10.00. The summed E-state index contributed by atoms with van der Waals surface area (Å²) in [6.45, 7) is -0.477. The minimum Gasteiger partial charge on any atom is -0.298 e. The second-order valence-electron chi connectivity index (χ2n) is 9.70. The first-order valence-electron chi connectivity index (χ1n) is 12.3. The van der Waals surface area contributed by atoms with Crippen LogP contribution in [0.4, 0.5) is 22.0 Å². The molecule has 0 amide bonds. The fourth-order valence-corrected chi connectivity index (χ4v) is 6.24. The number of aryl methyl sites for hydroxylation is 1. The summed E-state index contributed by atoms with van der Waals surface area (Å²) in [5.41, 5.74) is 2.06. The summed E-state index contributed by atoms with van der Waals surface area (Å²) in [5.74, 6) is -2.16. The van der Waals surface area contributed by atoms with E-state index in [0.29, 0.717) is 11.3 Å². The van der Waals surface area contributed by atoms with Gasteiger partial charge in [0.2, 0.25) is 15.8 Å². The number of ketones is 1. The highest BCUT2D eigenvalue weighted by Crippen LogP contribution is 2.40. The van der Waals surface area contributed by atoms with Crippen LogP contribution < -0.4 is 0 Å². The van der Waals surface area contributed by atoms with E-state index in [4.69, 9.17) is 0 Å². The zero-order valence-corrected chi connectivity index (χ0v) is 21.2. The first kappa shape index (κ1) is 27.3. The van der Waals surface area contributed by atoms with Crippen LogP contribution in [0.2, 0.25) is 0 Å². The van der Waals surface area contributed by atoms with E-state index in [0.717, 1.165) is 59.5 Å². The Morgan fingerprint density at radius 3 is 2.33 bits per heavy atom. The third-order valence-corrected chi connectivity index (χ3v) is 8.65. The Morgan fingerprint density at radius 2 is 1.72 bits per heavy atom. The lowest BCUT2D eigenvalue weighted by molar-refractivity contribution is -0.145. The molecule has 5 rings (SSSR count). The summed E-state index contributed by atoms with van der Waals surface area (Å²) in [4.78, 5) is 24.2. The first-order chi connectivity index (χ1) is 18.4. The number of aromatic nitrogens is 3. The van der Waals surface area contributed by atoms with Gasteiger partial charge < -0.3 is 0 Å². The maximum absolute atomic E-state index is 14.3. The summed E-state index contributed by atoms with van der Waals surface area (Å²) in [5, 5.41) is 0. The predicted octanol–water partition coefficient (Wildman–Crippen LogP) is 4.88. The molecule has 0 unspecified atom stereocenters. The van der Waals surface area contributed by atoms with E-state index < -0.39 is 52.4 Å². The number of benzene rings is 1. The van der Waals surface area contributed by atoms with E-state index in [2.05, 4.69) is 15.0 Å². The molecular formula is C26H23F5N4O3S. The number of carbonyl (C=O) groups is 1. The molecule has 0 radical (unpaired) electrons. The summed E-state index contributed by atoms with van der Waals surface area (Å²) >= 11 is 0. The summed E-state index contributed by atoms with van der Waals surface area (Å²) in [7, 11) is -4.23. The predicted molar refractivity (Wildman–Crippen MR) is 129 cm³/mol. The van der Waals surface area contributed by atoms with Gasteiger partial charge in [-0.05, 0) is 61.2 Å². The van der Waals surface area contributed by atoms with Crippen LogP contribution in [0.15, 0.2) is 53.7 Å². The van der Waals surface area contributed by atoms with Crippen LogP contribution in [-0.4, -0.2) is 52.2 Å². The SMILES string of the molecule is O=C(CCc1cc(-c2cnc(C(F)(F)F)nc2)nc(C2CC2)c1)[C@@H]1C[C@@H](F)CN1S(=O)(=O)c1ccc(F)cc1. The van der Waals surface area contributed by atoms with Gasteiger partial charge in [-0.2, -0.15) is 17.5 Å². The average Bonchev–Trinajstić information content (AvgIpc) is 3.67. The number of hydrogen-bond acceptors (Lipinski definition) is 6. The van der Waals surface area contributed by atoms with Crippen molar-refractivity contribution in [1.29, 1.82) is 0 Å². The largest absolute Gasteiger partial charge is 0.451 e. The molecule has 2 aromatic heterocycles. The van der Waals surface area contributed by atoms with Crippen molar-refractivity contribution in [2.75, 3.05) is 6.54 Å². The van der Waals surface area contributed by atoms with Gasteiger partial charge in [-0.3, -0.25) is 9.78 Å². The molecule has 1 aliphatic carbocycles. The number of Topliss-reactive ketones (excluding diaryl/α,β-unsaturated/α-hetero) is 1. The van der Waals surface area contributed by atoms with Gasteiger partial charge >= 0.3 is 6.18 Å². The second kappa shape index (κ2) is 10.3. The lowest BCUT2D eigenvalue weighted by Gasteiger charge is -2.23. The normalized spacial score (nSPS) is 20.3. The van der Waals surface area contributed by atoms with Crippen LogP contribution in [0.25, 0.3) is 11.3 Å². The molecule has 1 aromatic carbocycles. The Hall–Kier alpha value is -3.32. The van der Waals surface area contributed by atoms with Crippen molar-refractivity contribution < 1.29 is 35.2 Å². The van der Waals surface area contributed by atoms with Crippen molar-refractivity contribution in [3.8, 4) is 11.3 Å². The van der Waals surface area contributed by atoms with Gasteiger partial charge in [0.25, 0.3) is 0 Å². The Morgan fingerprint density at radius 1 is 1.05 bits per heavy atom. The quantitative estimate of drug-likeness (QED) is 0.361. The number of pyridine rings is 1. The van der Waals surface area contributed by atoms with Gasteiger partial charge in [-0.25, -0.2) is 27.2 Å². The van der Waals surface area contributed by atoms with E-state index >= 15 is 0 Å². The number of alkyl halides is 4. The first-order valence-corrected chi connectivity index (χ1v) is 13.7. The van der Waals surface area contributed by atoms with Crippen molar-refractivity contribution in [3.05, 3.63) is 71.7 Å². The highest BCUT2D eigenvalue weighted by Gasteiger charge is 2.43. The van der Waals surface area contributed by atoms with Gasteiger partial charge in [-0.15, -0.1) is 0 Å². The number of halogens is 5. The van der Waals surface area contributed by atoms with Gasteiger partial charge in [0.1, 0.15) is 12.0 Å². The third kappa shape index (κ3) is 5.98. The molecule has 3 heterocycles. The van der Waals surface area contributed by atoms with Crippen LogP contribution in [0.1, 0.15) is 48.7 Å². The standard InChI is InChI=1S/C26H23F5N4O3S/c27-18-4-6-20(7-5-18)39(37,38)35-14-19(28)11-23(35)24(36)8-1-15-9-21(16-2-3-16)34-22(10-15)17-12-32-25(33-13-17)26(29,30)31/h4-7,9-10,12-13,16,19,23H,1-3,8,11,14H2/t19-,23+/m1/s1. The van der Waals surface area contributed by atoms with E-state index in [1.165, 1.54) is 0 Å². The van der Waals surface area contributed by atoms with Crippen molar-refractivity contribution in [1.82, 2.24) is 19.3 Å². The Balaban J connectivity index is 1.35. The molecule has 1 saturated carbocycles. The number of carbonyl (C=O) groups excluding carboxylic acids is 1. The number of rotatable bonds is 8. The lowest BCUT2D eigenvalue weighted by Crippen LogP contribution is -2.40. The number of nitrogens with zero attached hydrogens (tertiary/aromatic N) is 4. The molecule has 13 heteroatoms. The van der Waals surface area contributed by atoms with Crippen LogP contribution in [0.3, 0.4) is 0 Å². The third-order valence-electron chi connectivity index (χ3n) is 6.76. The molecule has 0 spiro atoms. The Kier molecular flexibility index (Phi) is 7.23. The summed E-state index contributed by atoms with van der Waals surface area (Å²) in [6.07, 6.45) is -2.48. The van der Waals surface area contributed by atoms with Gasteiger partial charge in [0.05, 0.1) is 16.6 Å². The number of hydrogen-bond donors (Lipinski definition) is 0. The molecule has 0 bridgehead atoms. The second-order valence-corrected chi connectivity index (χ2v) is 11.6. The van der Waals surface area contributed by atoms with Gasteiger partial charge in [-0.1, -0.05) is 0 Å². The van der Waals surface area contributed by atoms with Crippen LogP contribution in [0.5, 0.6) is 0 Å². The maximum Gasteiger partial charge on any atom is 0.451 e. The van der Waals surface area contributed by atoms with E-state index in [1.54, 1.807) is 6.07 Å². The molecule has 2 fully saturated rings. The van der Waals surface area contributed by atoms with Crippen molar-refractivity contribution in [2.45, 2.75) is 61.3 Å². The Labute approximate surface area is 221 Å². The molecule has 2 aliphatic rings. The van der Waals surface area contributed by atoms with Crippen LogP contribution >= 0.6 is 0 Å². The Bertz CT molecular complexity index is 1480. The van der Waals surface area contributed by atoms with Gasteiger partial charge in [0.15, 0.2) is 5.78 Å². The average molecular weight is 567 g/mol. The molecular weight excluding hydrogens is 543 g/mol. The van der Waals surface area contributed by atoms with E-state index in [-0.39, 0.29) is 35.6 Å². The highest BCUT2D eigenvalue weighted by molar-refractivity contribution is 7.89. The molecule has 1 aliphatic heterocycles. The van der Waals surface area contributed by atoms with E-state index in [9.17, 15) is 35.2 Å². The summed E-state index contributed by atoms with van der Waals surface area (Å²) < 4.78 is 93.2. The molecule has 1 saturated heterocycles. The van der Waals surface area contributed by atoms with Crippen molar-refractivity contribution in [2.24, 2.45) is 0 Å². The fraction of sp³-hybridized carbons (Fsp3) is 0.385. The molecule has 206 valence electrons. The van der Waals surface area contributed by atoms with Crippen molar-refractivity contribution >= 4 is 15.8 Å². The molecule has 2 atom stereocenters. The summed E-state index contributed by atoms with van der Waals surface area (Å²) in [6, 6.07) is 6.34. The maximum atomic E-state index is 14.3. The minimum absolute atomic E-state index is 0.0934. The van der Waals surface area contributed by atoms with Crippen LogP contribution in [0, 0.1) is 5.82 Å². The van der Waals surface area contributed by atoms with Crippen LogP contribution in [-0.2, 0) is 27.4 Å². The number of sulfonamides is 1. The minimum atomic E-state index is -4.68. The zero-order chi connectivity index (χ0) is 27.9. The van der Waals surface area contributed by atoms with E-state index in [1.807, 2.05) is 6.07 Å². The molecule has 39 heavy (non-hydrogen) atoms. The fourth-order valence-electron chi connectivity index (χ4n) is 4.59. The smallest absolute Gasteiger partial charge is 0.298 e. The van der Waals surface area contributed by atoms with Gasteiger partial charge in [0, 0.05) is 49.0 Å². The molecule has 0 N–H and O–H groups in total. The zero-order valence-electron chi connectivity index (χ0n) is 20.4. The topological polar surface area (TPSA) is 93.1 Å². The molecule has 7 nitrogen and oxygen atoms in total. The van der Waals surface area contributed by atoms with Crippen molar-refractivity contribution in [3.63, 3.8) is 0 Å².